The fourth-order valence-corrected chi connectivity index (χ4v) is 2.04. The van der Waals surface area contributed by atoms with E-state index >= 15 is 0 Å². The van der Waals surface area contributed by atoms with Gasteiger partial charge in [0.25, 0.3) is 0 Å². The monoisotopic (exact) mass is 313 g/mol. The molecule has 6 heteroatoms. The first-order chi connectivity index (χ1) is 8.19. The summed E-state index contributed by atoms with van der Waals surface area (Å²) in [6, 6.07) is 3.55. The molecule has 0 aliphatic carbocycles. The Hall–Kier alpha value is -0.190. The summed E-state index contributed by atoms with van der Waals surface area (Å²) in [5.74, 6) is 0.698. The van der Waals surface area contributed by atoms with E-state index in [1.54, 1.807) is 13.2 Å². The number of methoxy groups -OCH3 is 1. The summed E-state index contributed by atoms with van der Waals surface area (Å²) in [6.45, 7) is 4.59. The molecule has 0 aliphatic heterocycles. The van der Waals surface area contributed by atoms with Gasteiger partial charge in [-0.2, -0.15) is 0 Å². The Kier molecular flexibility index (Phi) is 9.60. The molecule has 0 amide bonds. The van der Waals surface area contributed by atoms with E-state index in [2.05, 4.69) is 5.32 Å². The maximum atomic E-state index is 6.09. The van der Waals surface area contributed by atoms with Crippen LogP contribution in [0.1, 0.15) is 12.5 Å². The third kappa shape index (κ3) is 5.63. The Labute approximate surface area is 124 Å². The molecule has 0 radical (unpaired) electrons. The molecule has 0 bridgehead atoms. The zero-order chi connectivity index (χ0) is 12.7. The molecule has 0 atom stereocenters. The summed E-state index contributed by atoms with van der Waals surface area (Å²) in [5, 5.41) is 4.39. The van der Waals surface area contributed by atoms with E-state index in [9.17, 15) is 0 Å². The molecule has 1 aromatic carbocycles. The molecule has 1 rings (SSSR count). The fraction of sp³-hybridized carbons (Fsp3) is 0.500. The zero-order valence-electron chi connectivity index (χ0n) is 10.5. The van der Waals surface area contributed by atoms with Crippen molar-refractivity contribution in [3.05, 3.63) is 27.7 Å². The summed E-state index contributed by atoms with van der Waals surface area (Å²) in [6.07, 6.45) is 0. The molecular weight excluding hydrogens is 296 g/mol. The van der Waals surface area contributed by atoms with Crippen molar-refractivity contribution in [3.8, 4) is 5.75 Å². The van der Waals surface area contributed by atoms with E-state index in [1.165, 1.54) is 0 Å². The molecule has 1 N–H and O–H groups in total. The smallest absolute Gasteiger partial charge is 0.142 e. The quantitative estimate of drug-likeness (QED) is 0.781. The molecule has 0 aromatic heterocycles. The number of ether oxygens (including phenoxy) is 2. The van der Waals surface area contributed by atoms with Gasteiger partial charge < -0.3 is 14.8 Å². The molecular formula is C12H18Cl3NO2. The molecule has 0 aliphatic rings. The second-order valence-corrected chi connectivity index (χ2v) is 4.32. The lowest BCUT2D eigenvalue weighted by Crippen LogP contribution is -2.19. The fourth-order valence-electron chi connectivity index (χ4n) is 1.45. The van der Waals surface area contributed by atoms with Crippen LogP contribution in [0.25, 0.3) is 0 Å². The Balaban J connectivity index is 0.00000289. The molecule has 0 saturated heterocycles. The SMILES string of the molecule is CCOc1c(Cl)cc(Cl)cc1CNCCOC.Cl. The van der Waals surface area contributed by atoms with Crippen molar-refractivity contribution >= 4 is 35.6 Å². The lowest BCUT2D eigenvalue weighted by Gasteiger charge is -2.13. The van der Waals surface area contributed by atoms with Gasteiger partial charge in [0.1, 0.15) is 5.75 Å². The first-order valence-corrected chi connectivity index (χ1v) is 6.25. The molecule has 0 fully saturated rings. The van der Waals surface area contributed by atoms with E-state index in [4.69, 9.17) is 32.7 Å². The summed E-state index contributed by atoms with van der Waals surface area (Å²) >= 11 is 12.1. The van der Waals surface area contributed by atoms with Crippen LogP contribution >= 0.6 is 35.6 Å². The van der Waals surface area contributed by atoms with E-state index in [1.807, 2.05) is 13.0 Å². The number of hydrogen-bond donors (Lipinski definition) is 1. The van der Waals surface area contributed by atoms with Crippen LogP contribution in [0.3, 0.4) is 0 Å². The van der Waals surface area contributed by atoms with Crippen LogP contribution in [0.2, 0.25) is 10.0 Å². The van der Waals surface area contributed by atoms with Gasteiger partial charge in [-0.05, 0) is 19.1 Å². The van der Waals surface area contributed by atoms with Crippen LogP contribution in [-0.2, 0) is 11.3 Å². The van der Waals surface area contributed by atoms with Crippen LogP contribution in [-0.4, -0.2) is 26.9 Å². The topological polar surface area (TPSA) is 30.5 Å². The van der Waals surface area contributed by atoms with Crippen LogP contribution < -0.4 is 10.1 Å². The average molecular weight is 315 g/mol. The minimum atomic E-state index is 0. The first kappa shape index (κ1) is 17.8. The molecule has 0 saturated carbocycles. The largest absolute Gasteiger partial charge is 0.492 e. The van der Waals surface area contributed by atoms with Crippen molar-refractivity contribution in [1.82, 2.24) is 5.32 Å². The van der Waals surface area contributed by atoms with Crippen LogP contribution in [0, 0.1) is 0 Å². The maximum Gasteiger partial charge on any atom is 0.142 e. The Morgan fingerprint density at radius 2 is 2.00 bits per heavy atom. The first-order valence-electron chi connectivity index (χ1n) is 5.49. The zero-order valence-corrected chi connectivity index (χ0v) is 12.8. The van der Waals surface area contributed by atoms with Gasteiger partial charge >= 0.3 is 0 Å². The Morgan fingerprint density at radius 1 is 1.28 bits per heavy atom. The van der Waals surface area contributed by atoms with Gasteiger partial charge in [0, 0.05) is 30.8 Å². The molecule has 18 heavy (non-hydrogen) atoms. The van der Waals surface area contributed by atoms with Gasteiger partial charge in [-0.3, -0.25) is 0 Å². The molecule has 3 nitrogen and oxygen atoms in total. The van der Waals surface area contributed by atoms with Gasteiger partial charge in [0.2, 0.25) is 0 Å². The minimum Gasteiger partial charge on any atom is -0.492 e. The lowest BCUT2D eigenvalue weighted by atomic mass is 10.2. The van der Waals surface area contributed by atoms with Crippen LogP contribution in [0.5, 0.6) is 5.75 Å². The highest BCUT2D eigenvalue weighted by Crippen LogP contribution is 2.32. The summed E-state index contributed by atoms with van der Waals surface area (Å²) in [4.78, 5) is 0. The van der Waals surface area contributed by atoms with Crippen LogP contribution in [0.15, 0.2) is 12.1 Å². The molecule has 0 spiro atoms. The molecule has 104 valence electrons. The van der Waals surface area contributed by atoms with E-state index in [0.717, 1.165) is 12.1 Å². The molecule has 1 aromatic rings. The highest BCUT2D eigenvalue weighted by molar-refractivity contribution is 6.35. The Bertz CT molecular complexity index is 361. The minimum absolute atomic E-state index is 0. The Morgan fingerprint density at radius 3 is 2.61 bits per heavy atom. The van der Waals surface area contributed by atoms with Gasteiger partial charge in [-0.1, -0.05) is 23.2 Å². The van der Waals surface area contributed by atoms with Crippen molar-refractivity contribution in [2.45, 2.75) is 13.5 Å². The third-order valence-corrected chi connectivity index (χ3v) is 2.67. The van der Waals surface area contributed by atoms with Gasteiger partial charge in [0.15, 0.2) is 0 Å². The van der Waals surface area contributed by atoms with E-state index < -0.39 is 0 Å². The highest BCUT2D eigenvalue weighted by Gasteiger charge is 2.09. The van der Waals surface area contributed by atoms with Crippen molar-refractivity contribution in [3.63, 3.8) is 0 Å². The standard InChI is InChI=1S/C12H17Cl2NO2.ClH/c1-3-17-12-9(8-15-4-5-16-2)6-10(13)7-11(12)14;/h6-7,15H,3-5,8H2,1-2H3;1H. The van der Waals surface area contributed by atoms with Crippen molar-refractivity contribution in [2.75, 3.05) is 26.9 Å². The summed E-state index contributed by atoms with van der Waals surface area (Å²) in [7, 11) is 1.67. The molecule has 0 unspecified atom stereocenters. The van der Waals surface area contributed by atoms with Gasteiger partial charge in [-0.25, -0.2) is 0 Å². The van der Waals surface area contributed by atoms with Gasteiger partial charge in [0.05, 0.1) is 18.2 Å². The average Bonchev–Trinajstić information content (AvgIpc) is 2.29. The second kappa shape index (κ2) is 9.70. The number of hydrogen-bond acceptors (Lipinski definition) is 3. The lowest BCUT2D eigenvalue weighted by molar-refractivity contribution is 0.199. The number of rotatable bonds is 7. The molecule has 0 heterocycles. The van der Waals surface area contributed by atoms with Crippen molar-refractivity contribution < 1.29 is 9.47 Å². The number of halogens is 3. The maximum absolute atomic E-state index is 6.09. The van der Waals surface area contributed by atoms with Crippen molar-refractivity contribution in [1.29, 1.82) is 0 Å². The van der Waals surface area contributed by atoms with Crippen LogP contribution in [0.4, 0.5) is 0 Å². The van der Waals surface area contributed by atoms with Gasteiger partial charge in [-0.15, -0.1) is 12.4 Å². The number of benzene rings is 1. The van der Waals surface area contributed by atoms with E-state index in [0.29, 0.717) is 35.6 Å². The third-order valence-electron chi connectivity index (χ3n) is 2.17. The predicted octanol–water partition coefficient (Wildman–Crippen LogP) is 3.55. The van der Waals surface area contributed by atoms with Crippen molar-refractivity contribution in [2.24, 2.45) is 0 Å². The highest BCUT2D eigenvalue weighted by atomic mass is 35.5. The summed E-state index contributed by atoms with van der Waals surface area (Å²) < 4.78 is 10.5. The second-order valence-electron chi connectivity index (χ2n) is 3.48. The summed E-state index contributed by atoms with van der Waals surface area (Å²) in [5.41, 5.74) is 0.959. The number of nitrogens with one attached hydrogen (secondary N) is 1. The van der Waals surface area contributed by atoms with E-state index in [-0.39, 0.29) is 12.4 Å². The normalized spacial score (nSPS) is 10.0. The predicted molar refractivity (Wildman–Crippen MR) is 78.5 cm³/mol.